The lowest BCUT2D eigenvalue weighted by molar-refractivity contribution is -0.139. The quantitative estimate of drug-likeness (QED) is 0.308. The number of carbonyl (C=O) groups excluding carboxylic acids is 2. The number of methoxy groups -OCH3 is 1. The maximum atomic E-state index is 14.7. The topological polar surface area (TPSA) is 96.0 Å². The van der Waals surface area contributed by atoms with Crippen LogP contribution in [0.5, 0.6) is 5.75 Å². The van der Waals surface area contributed by atoms with Crippen LogP contribution in [0.25, 0.3) is 0 Å². The van der Waals surface area contributed by atoms with E-state index in [2.05, 4.69) is 5.32 Å². The van der Waals surface area contributed by atoms with E-state index in [1.165, 1.54) is 67.5 Å². The number of hydrogen-bond acceptors (Lipinski definition) is 5. The molecule has 0 aliphatic carbocycles. The molecular formula is C30H35ClFN3O5S. The maximum Gasteiger partial charge on any atom is 0.264 e. The van der Waals surface area contributed by atoms with Crippen LogP contribution in [0.4, 0.5) is 10.1 Å². The van der Waals surface area contributed by atoms with Crippen molar-refractivity contribution < 1.29 is 27.1 Å². The van der Waals surface area contributed by atoms with E-state index in [1.807, 2.05) is 20.8 Å². The summed E-state index contributed by atoms with van der Waals surface area (Å²) in [6.45, 7) is 6.62. The Morgan fingerprint density at radius 1 is 1.02 bits per heavy atom. The number of sulfonamides is 1. The van der Waals surface area contributed by atoms with Gasteiger partial charge >= 0.3 is 0 Å². The van der Waals surface area contributed by atoms with Crippen molar-refractivity contribution in [1.29, 1.82) is 0 Å². The normalized spacial score (nSPS) is 12.1. The second-order valence-electron chi connectivity index (χ2n) is 10.1. The molecule has 3 aromatic carbocycles. The fourth-order valence-corrected chi connectivity index (χ4v) is 5.64. The predicted octanol–water partition coefficient (Wildman–Crippen LogP) is 5.18. The Bertz CT molecular complexity index is 1480. The van der Waals surface area contributed by atoms with Crippen molar-refractivity contribution in [3.05, 3.63) is 88.7 Å². The van der Waals surface area contributed by atoms with Gasteiger partial charge in [-0.2, -0.15) is 0 Å². The highest BCUT2D eigenvalue weighted by Crippen LogP contribution is 2.35. The third-order valence-corrected chi connectivity index (χ3v) is 8.46. The van der Waals surface area contributed by atoms with Crippen LogP contribution in [0.3, 0.4) is 0 Å². The largest absolute Gasteiger partial charge is 0.495 e. The van der Waals surface area contributed by atoms with Crippen molar-refractivity contribution >= 4 is 39.1 Å². The first-order valence-electron chi connectivity index (χ1n) is 13.1. The van der Waals surface area contributed by atoms with Crippen molar-refractivity contribution in [2.24, 2.45) is 5.92 Å². The molecule has 0 bridgehead atoms. The number of rotatable bonds is 12. The second-order valence-corrected chi connectivity index (χ2v) is 12.4. The summed E-state index contributed by atoms with van der Waals surface area (Å²) in [5.74, 6) is -1.40. The number of nitrogens with one attached hydrogen (secondary N) is 1. The van der Waals surface area contributed by atoms with Gasteiger partial charge in [-0.15, -0.1) is 0 Å². The van der Waals surface area contributed by atoms with Crippen LogP contribution in [-0.2, 0) is 26.2 Å². The average molecular weight is 604 g/mol. The van der Waals surface area contributed by atoms with Gasteiger partial charge < -0.3 is 15.0 Å². The Balaban J connectivity index is 2.09. The number of anilines is 1. The van der Waals surface area contributed by atoms with E-state index >= 15 is 0 Å². The molecule has 0 fully saturated rings. The summed E-state index contributed by atoms with van der Waals surface area (Å²) in [5, 5.41) is 3.02. The van der Waals surface area contributed by atoms with Gasteiger partial charge in [0.05, 0.1) is 17.7 Å². The van der Waals surface area contributed by atoms with Crippen molar-refractivity contribution in [1.82, 2.24) is 10.2 Å². The molecule has 0 spiro atoms. The first-order valence-corrected chi connectivity index (χ1v) is 14.9. The lowest BCUT2D eigenvalue weighted by atomic mass is 10.1. The number of nitrogens with zero attached hydrogens (tertiary/aromatic N) is 2. The summed E-state index contributed by atoms with van der Waals surface area (Å²) in [4.78, 5) is 28.2. The third-order valence-electron chi connectivity index (χ3n) is 6.45. The second kappa shape index (κ2) is 13.8. The van der Waals surface area contributed by atoms with Crippen LogP contribution in [0, 0.1) is 18.7 Å². The molecule has 0 saturated carbocycles. The van der Waals surface area contributed by atoms with Gasteiger partial charge in [-0.1, -0.05) is 61.3 Å². The van der Waals surface area contributed by atoms with Gasteiger partial charge in [-0.3, -0.25) is 13.9 Å². The number of carbonyl (C=O) groups is 2. The molecule has 11 heteroatoms. The minimum absolute atomic E-state index is 0.0386. The molecule has 0 unspecified atom stereocenters. The van der Waals surface area contributed by atoms with E-state index in [0.29, 0.717) is 6.54 Å². The molecule has 0 aliphatic rings. The van der Waals surface area contributed by atoms with Crippen molar-refractivity contribution in [2.75, 3.05) is 24.5 Å². The summed E-state index contributed by atoms with van der Waals surface area (Å²) in [6.07, 6.45) is 0. The summed E-state index contributed by atoms with van der Waals surface area (Å²) >= 11 is 6.24. The molecule has 8 nitrogen and oxygen atoms in total. The van der Waals surface area contributed by atoms with Gasteiger partial charge in [-0.05, 0) is 56.2 Å². The highest BCUT2D eigenvalue weighted by Gasteiger charge is 2.34. The highest BCUT2D eigenvalue weighted by atomic mass is 35.5. The molecule has 0 saturated heterocycles. The van der Waals surface area contributed by atoms with Gasteiger partial charge in [0.15, 0.2) is 0 Å². The molecule has 1 atom stereocenters. The molecule has 0 heterocycles. The molecule has 41 heavy (non-hydrogen) atoms. The first kappa shape index (κ1) is 31.9. The lowest BCUT2D eigenvalue weighted by Gasteiger charge is -2.32. The van der Waals surface area contributed by atoms with Gasteiger partial charge in [0.1, 0.15) is 24.2 Å². The van der Waals surface area contributed by atoms with E-state index < -0.39 is 40.2 Å². The Labute approximate surface area is 246 Å². The van der Waals surface area contributed by atoms with Crippen molar-refractivity contribution in [2.45, 2.75) is 45.2 Å². The molecule has 3 rings (SSSR count). The fourth-order valence-electron chi connectivity index (χ4n) is 4.05. The van der Waals surface area contributed by atoms with Crippen LogP contribution in [-0.4, -0.2) is 51.4 Å². The van der Waals surface area contributed by atoms with Crippen LogP contribution in [0.1, 0.15) is 31.9 Å². The fraction of sp³-hybridized carbons (Fsp3) is 0.333. The molecule has 0 aliphatic heterocycles. The predicted molar refractivity (Wildman–Crippen MR) is 158 cm³/mol. The molecule has 0 aromatic heterocycles. The van der Waals surface area contributed by atoms with Gasteiger partial charge in [-0.25, -0.2) is 12.8 Å². The smallest absolute Gasteiger partial charge is 0.264 e. The monoisotopic (exact) mass is 603 g/mol. The van der Waals surface area contributed by atoms with Crippen LogP contribution in [0.15, 0.2) is 71.6 Å². The van der Waals surface area contributed by atoms with E-state index in [-0.39, 0.29) is 39.4 Å². The number of ether oxygens (including phenoxy) is 1. The summed E-state index contributed by atoms with van der Waals surface area (Å²) in [6, 6.07) is 15.5. The number of hydrogen-bond donors (Lipinski definition) is 1. The standard InChI is InChI=1S/C30H35ClFN3O5S/c1-20(2)17-33-30(37)22(4)34(18-23-8-6-7-9-26(23)32)29(36)19-35(27-16-24(31)12-15-28(27)40-5)41(38,39)25-13-10-21(3)11-14-25/h6-16,20,22H,17-19H2,1-5H3,(H,33,37)/t22-/m1/s1. The maximum absolute atomic E-state index is 14.7. The summed E-state index contributed by atoms with van der Waals surface area (Å²) < 4.78 is 49.0. The molecular weight excluding hydrogens is 569 g/mol. The number of halogens is 2. The number of benzene rings is 3. The minimum atomic E-state index is -4.32. The molecule has 2 amide bonds. The van der Waals surface area contributed by atoms with E-state index in [1.54, 1.807) is 18.2 Å². The third kappa shape index (κ3) is 7.98. The Hall–Kier alpha value is -3.63. The van der Waals surface area contributed by atoms with Gasteiger partial charge in [0, 0.05) is 23.7 Å². The van der Waals surface area contributed by atoms with Crippen LogP contribution < -0.4 is 14.4 Å². The van der Waals surface area contributed by atoms with E-state index in [0.717, 1.165) is 9.87 Å². The minimum Gasteiger partial charge on any atom is -0.495 e. The van der Waals surface area contributed by atoms with E-state index in [4.69, 9.17) is 16.3 Å². The van der Waals surface area contributed by atoms with Crippen LogP contribution >= 0.6 is 11.6 Å². The Morgan fingerprint density at radius 3 is 2.29 bits per heavy atom. The first-order chi connectivity index (χ1) is 19.3. The number of aryl methyl sites for hydroxylation is 1. The number of amides is 2. The Kier molecular flexibility index (Phi) is 10.8. The highest BCUT2D eigenvalue weighted by molar-refractivity contribution is 7.92. The molecule has 0 radical (unpaired) electrons. The zero-order valence-electron chi connectivity index (χ0n) is 23.7. The SMILES string of the molecule is COc1ccc(Cl)cc1N(CC(=O)N(Cc1ccccc1F)[C@H](C)C(=O)NCC(C)C)S(=O)(=O)c1ccc(C)cc1. The van der Waals surface area contributed by atoms with Gasteiger partial charge in [0.2, 0.25) is 11.8 Å². The average Bonchev–Trinajstić information content (AvgIpc) is 2.93. The summed E-state index contributed by atoms with van der Waals surface area (Å²) in [5.41, 5.74) is 1.07. The zero-order valence-corrected chi connectivity index (χ0v) is 25.3. The Morgan fingerprint density at radius 2 is 1.68 bits per heavy atom. The molecule has 3 aromatic rings. The van der Waals surface area contributed by atoms with E-state index in [9.17, 15) is 22.4 Å². The molecule has 1 N–H and O–H groups in total. The zero-order chi connectivity index (χ0) is 30.3. The summed E-state index contributed by atoms with van der Waals surface area (Å²) in [7, 11) is -2.95. The lowest BCUT2D eigenvalue weighted by Crippen LogP contribution is -2.51. The van der Waals surface area contributed by atoms with Crippen molar-refractivity contribution in [3.8, 4) is 5.75 Å². The molecule has 220 valence electrons. The van der Waals surface area contributed by atoms with Gasteiger partial charge in [0.25, 0.3) is 10.0 Å². The van der Waals surface area contributed by atoms with Crippen LogP contribution in [0.2, 0.25) is 5.02 Å². The van der Waals surface area contributed by atoms with Crippen molar-refractivity contribution in [3.63, 3.8) is 0 Å².